The van der Waals surface area contributed by atoms with Crippen LogP contribution in [0.5, 0.6) is 0 Å². The minimum Gasteiger partial charge on any atom is -0.256 e. The summed E-state index contributed by atoms with van der Waals surface area (Å²) in [5.41, 5.74) is 3.94. The molecule has 0 unspecified atom stereocenters. The largest absolute Gasteiger partial charge is 0.256 e. The van der Waals surface area contributed by atoms with Gasteiger partial charge in [0.2, 0.25) is 0 Å². The number of halogens is 2. The maximum Gasteiger partial charge on any atom is 0.0631 e. The van der Waals surface area contributed by atoms with Crippen LogP contribution in [0, 0.1) is 0 Å². The third-order valence-electron chi connectivity index (χ3n) is 3.32. The van der Waals surface area contributed by atoms with E-state index in [1.165, 1.54) is 0 Å². The number of rotatable bonds is 4. The van der Waals surface area contributed by atoms with E-state index in [0.29, 0.717) is 0 Å². The summed E-state index contributed by atoms with van der Waals surface area (Å²) in [5, 5.41) is 0. The summed E-state index contributed by atoms with van der Waals surface area (Å²) in [6, 6.07) is 23.9. The molecule has 0 heterocycles. The quantitative estimate of drug-likeness (QED) is 0.402. The SMILES string of the molecule is Brc1ccc(C=Nc2ccc(N=Cc3ccc(Br)cc3)cc2)cc1. The predicted molar refractivity (Wildman–Crippen MR) is 109 cm³/mol. The molecule has 2 nitrogen and oxygen atoms in total. The van der Waals surface area contributed by atoms with Gasteiger partial charge in [-0.25, -0.2) is 0 Å². The van der Waals surface area contributed by atoms with Crippen LogP contribution in [0.15, 0.2) is 91.7 Å². The van der Waals surface area contributed by atoms with Gasteiger partial charge in [0.05, 0.1) is 11.4 Å². The van der Waals surface area contributed by atoms with Crippen LogP contribution in [-0.4, -0.2) is 12.4 Å². The third-order valence-corrected chi connectivity index (χ3v) is 4.37. The van der Waals surface area contributed by atoms with Gasteiger partial charge in [-0.2, -0.15) is 0 Å². The summed E-state index contributed by atoms with van der Waals surface area (Å²) < 4.78 is 2.13. The van der Waals surface area contributed by atoms with Crippen molar-refractivity contribution < 1.29 is 0 Å². The molecule has 0 fully saturated rings. The lowest BCUT2D eigenvalue weighted by atomic mass is 10.2. The van der Waals surface area contributed by atoms with Gasteiger partial charge < -0.3 is 0 Å². The Balaban J connectivity index is 1.66. The van der Waals surface area contributed by atoms with E-state index in [-0.39, 0.29) is 0 Å². The first-order chi connectivity index (χ1) is 11.7. The summed E-state index contributed by atoms with van der Waals surface area (Å²) in [6.45, 7) is 0. The summed E-state index contributed by atoms with van der Waals surface area (Å²) in [6.07, 6.45) is 3.71. The Morgan fingerprint density at radius 1 is 0.500 bits per heavy atom. The number of aliphatic imine (C=N–C) groups is 2. The molecule has 3 rings (SSSR count). The number of nitrogens with zero attached hydrogens (tertiary/aromatic N) is 2. The van der Waals surface area contributed by atoms with Crippen molar-refractivity contribution in [1.82, 2.24) is 0 Å². The molecule has 0 bridgehead atoms. The smallest absolute Gasteiger partial charge is 0.0631 e. The van der Waals surface area contributed by atoms with Gasteiger partial charge in [0, 0.05) is 21.4 Å². The number of hydrogen-bond acceptors (Lipinski definition) is 2. The molecule has 118 valence electrons. The topological polar surface area (TPSA) is 24.7 Å². The summed E-state index contributed by atoms with van der Waals surface area (Å²) in [7, 11) is 0. The lowest BCUT2D eigenvalue weighted by Crippen LogP contribution is -1.80. The molecular weight excluding hydrogens is 428 g/mol. The molecule has 0 amide bonds. The number of hydrogen-bond donors (Lipinski definition) is 0. The molecule has 0 spiro atoms. The fraction of sp³-hybridized carbons (Fsp3) is 0. The van der Waals surface area contributed by atoms with Crippen molar-refractivity contribution in [2.24, 2.45) is 9.98 Å². The minimum absolute atomic E-state index is 0.903. The summed E-state index contributed by atoms with van der Waals surface area (Å²) in [4.78, 5) is 8.96. The van der Waals surface area contributed by atoms with Gasteiger partial charge in [0.1, 0.15) is 0 Å². The molecule has 3 aromatic carbocycles. The highest BCUT2D eigenvalue weighted by molar-refractivity contribution is 9.10. The Bertz CT molecular complexity index is 775. The van der Waals surface area contributed by atoms with E-state index in [0.717, 1.165) is 31.4 Å². The lowest BCUT2D eigenvalue weighted by molar-refractivity contribution is 1.48. The zero-order valence-corrected chi connectivity index (χ0v) is 15.9. The van der Waals surface area contributed by atoms with Gasteiger partial charge in [-0.3, -0.25) is 9.98 Å². The van der Waals surface area contributed by atoms with Crippen molar-refractivity contribution in [3.8, 4) is 0 Å². The number of benzene rings is 3. The zero-order valence-electron chi connectivity index (χ0n) is 12.7. The molecule has 0 aromatic heterocycles. The van der Waals surface area contributed by atoms with Crippen LogP contribution in [0.3, 0.4) is 0 Å². The maximum absolute atomic E-state index is 4.48. The second-order valence-electron chi connectivity index (χ2n) is 5.14. The second kappa shape index (κ2) is 8.18. The fourth-order valence-electron chi connectivity index (χ4n) is 2.02. The highest BCUT2D eigenvalue weighted by Gasteiger charge is 1.93. The van der Waals surface area contributed by atoms with E-state index in [1.54, 1.807) is 0 Å². The van der Waals surface area contributed by atoms with E-state index in [4.69, 9.17) is 0 Å². The fourth-order valence-corrected chi connectivity index (χ4v) is 2.55. The van der Waals surface area contributed by atoms with Gasteiger partial charge in [-0.15, -0.1) is 0 Å². The van der Waals surface area contributed by atoms with Crippen molar-refractivity contribution >= 4 is 55.7 Å². The van der Waals surface area contributed by atoms with Crippen molar-refractivity contribution in [2.75, 3.05) is 0 Å². The van der Waals surface area contributed by atoms with Crippen LogP contribution in [0.25, 0.3) is 0 Å². The average Bonchev–Trinajstić information content (AvgIpc) is 2.62. The van der Waals surface area contributed by atoms with Gasteiger partial charge in [-0.05, 0) is 59.7 Å². The molecule has 0 radical (unpaired) electrons. The zero-order chi connectivity index (χ0) is 16.8. The molecule has 4 heteroatoms. The van der Waals surface area contributed by atoms with Crippen LogP contribution >= 0.6 is 31.9 Å². The highest BCUT2D eigenvalue weighted by Crippen LogP contribution is 2.19. The van der Waals surface area contributed by atoms with E-state index in [9.17, 15) is 0 Å². The summed E-state index contributed by atoms with van der Waals surface area (Å²) >= 11 is 6.85. The van der Waals surface area contributed by atoms with E-state index >= 15 is 0 Å². The van der Waals surface area contributed by atoms with E-state index in [2.05, 4.69) is 41.8 Å². The maximum atomic E-state index is 4.48. The van der Waals surface area contributed by atoms with Crippen molar-refractivity contribution in [2.45, 2.75) is 0 Å². The predicted octanol–water partition coefficient (Wildman–Crippen LogP) is 6.71. The standard InChI is InChI=1S/C20H14Br2N2/c21-17-5-1-15(2-6-17)13-23-19-9-11-20(12-10-19)24-14-16-3-7-18(22)8-4-16/h1-14H. The molecule has 24 heavy (non-hydrogen) atoms. The van der Waals surface area contributed by atoms with Gasteiger partial charge >= 0.3 is 0 Å². The first-order valence-corrected chi connectivity index (χ1v) is 8.97. The van der Waals surface area contributed by atoms with Crippen LogP contribution in [0.1, 0.15) is 11.1 Å². The summed E-state index contributed by atoms with van der Waals surface area (Å²) in [5.74, 6) is 0. The second-order valence-corrected chi connectivity index (χ2v) is 6.97. The molecular formula is C20H14Br2N2. The Hall–Kier alpha value is -2.04. The third kappa shape index (κ3) is 4.98. The first kappa shape index (κ1) is 16.8. The Kier molecular flexibility index (Phi) is 5.72. The lowest BCUT2D eigenvalue weighted by Gasteiger charge is -1.97. The van der Waals surface area contributed by atoms with Crippen LogP contribution in [0.4, 0.5) is 11.4 Å². The van der Waals surface area contributed by atoms with Gasteiger partial charge in [0.15, 0.2) is 0 Å². The molecule has 0 aliphatic heterocycles. The molecule has 0 aliphatic rings. The van der Waals surface area contributed by atoms with Gasteiger partial charge in [-0.1, -0.05) is 56.1 Å². The Morgan fingerprint density at radius 3 is 1.17 bits per heavy atom. The molecule has 3 aromatic rings. The van der Waals surface area contributed by atoms with Crippen LogP contribution in [-0.2, 0) is 0 Å². The normalized spacial score (nSPS) is 11.4. The van der Waals surface area contributed by atoms with Crippen LogP contribution < -0.4 is 0 Å². The van der Waals surface area contributed by atoms with E-state index < -0.39 is 0 Å². The van der Waals surface area contributed by atoms with E-state index in [1.807, 2.05) is 85.2 Å². The minimum atomic E-state index is 0.903. The highest BCUT2D eigenvalue weighted by atomic mass is 79.9. The van der Waals surface area contributed by atoms with Gasteiger partial charge in [0.25, 0.3) is 0 Å². The van der Waals surface area contributed by atoms with Crippen LogP contribution in [0.2, 0.25) is 0 Å². The molecule has 0 aliphatic carbocycles. The first-order valence-electron chi connectivity index (χ1n) is 7.38. The average molecular weight is 442 g/mol. The van der Waals surface area contributed by atoms with Crippen molar-refractivity contribution in [1.29, 1.82) is 0 Å². The molecule has 0 N–H and O–H groups in total. The van der Waals surface area contributed by atoms with Crippen molar-refractivity contribution in [3.63, 3.8) is 0 Å². The molecule has 0 atom stereocenters. The van der Waals surface area contributed by atoms with Crippen molar-refractivity contribution in [3.05, 3.63) is 92.9 Å². The Morgan fingerprint density at radius 2 is 0.833 bits per heavy atom. The molecule has 0 saturated carbocycles. The monoisotopic (exact) mass is 440 g/mol. The molecule has 0 saturated heterocycles. The Labute approximate surface area is 158 Å².